The SMILES string of the molecule is Cc1cc(=O)c2cc3c(c(-n4cc5cc[nH]c5c4)c2o1)OC1(CCCC(C2CNC(=O)C2)C1)C(OOCC(O)C(O)C(O)C(O)CO)C3. The van der Waals surface area contributed by atoms with Crippen molar-refractivity contribution in [2.75, 3.05) is 19.8 Å². The van der Waals surface area contributed by atoms with Crippen LogP contribution in [0.3, 0.4) is 0 Å². The lowest BCUT2D eigenvalue weighted by molar-refractivity contribution is -0.364. The predicted molar refractivity (Wildman–Crippen MR) is 170 cm³/mol. The molecule has 8 unspecified atom stereocenters. The molecule has 0 radical (unpaired) electrons. The second-order valence-electron chi connectivity index (χ2n) is 13.5. The highest BCUT2D eigenvalue weighted by Crippen LogP contribution is 2.50. The van der Waals surface area contributed by atoms with E-state index in [1.807, 2.05) is 29.2 Å². The Balaban J connectivity index is 1.27. The number of aryl methyl sites for hydroxylation is 1. The molecule has 2 fully saturated rings. The Morgan fingerprint density at radius 2 is 1.90 bits per heavy atom. The van der Waals surface area contributed by atoms with E-state index in [4.69, 9.17) is 24.0 Å². The first-order valence-electron chi connectivity index (χ1n) is 16.4. The molecule has 1 saturated carbocycles. The van der Waals surface area contributed by atoms with Crippen molar-refractivity contribution in [1.82, 2.24) is 14.9 Å². The number of ether oxygens (including phenoxy) is 1. The van der Waals surface area contributed by atoms with Crippen molar-refractivity contribution in [3.63, 3.8) is 0 Å². The van der Waals surface area contributed by atoms with Gasteiger partial charge in [-0.15, -0.1) is 0 Å². The van der Waals surface area contributed by atoms with E-state index in [2.05, 4.69) is 10.3 Å². The van der Waals surface area contributed by atoms with Gasteiger partial charge in [0.05, 0.1) is 17.5 Å². The molecule has 48 heavy (non-hydrogen) atoms. The van der Waals surface area contributed by atoms with Gasteiger partial charge in [0.1, 0.15) is 54.2 Å². The van der Waals surface area contributed by atoms with Gasteiger partial charge < -0.3 is 49.6 Å². The minimum absolute atomic E-state index is 0.0224. The molecule has 0 bridgehead atoms. The number of rotatable bonds is 10. The van der Waals surface area contributed by atoms with Crippen LogP contribution in [0, 0.1) is 18.8 Å². The van der Waals surface area contributed by atoms with Gasteiger partial charge in [0.2, 0.25) is 5.91 Å². The van der Waals surface area contributed by atoms with Crippen molar-refractivity contribution in [2.45, 2.75) is 81.6 Å². The fourth-order valence-corrected chi connectivity index (χ4v) is 7.69. The molecule has 3 aliphatic rings. The molecule has 4 aromatic rings. The predicted octanol–water partition coefficient (Wildman–Crippen LogP) is 1.13. The van der Waals surface area contributed by atoms with E-state index in [9.17, 15) is 30.0 Å². The first kappa shape index (κ1) is 32.8. The van der Waals surface area contributed by atoms with E-state index in [0.717, 1.165) is 23.7 Å². The lowest BCUT2D eigenvalue weighted by Crippen LogP contribution is -2.56. The summed E-state index contributed by atoms with van der Waals surface area (Å²) in [5, 5.41) is 53.9. The molecule has 1 aliphatic carbocycles. The summed E-state index contributed by atoms with van der Waals surface area (Å²) in [5.74, 6) is 1.29. The molecule has 14 heteroatoms. The second kappa shape index (κ2) is 12.9. The molecule has 5 heterocycles. The number of amides is 1. The summed E-state index contributed by atoms with van der Waals surface area (Å²) >= 11 is 0. The average molecular weight is 668 g/mol. The fraction of sp³-hybridized carbons (Fsp3) is 0.529. The number of H-pyrrole nitrogens is 1. The number of fused-ring (bicyclic) bond motifs is 3. The molecule has 3 aromatic heterocycles. The minimum Gasteiger partial charge on any atom is -0.482 e. The largest absolute Gasteiger partial charge is 0.482 e. The monoisotopic (exact) mass is 667 g/mol. The summed E-state index contributed by atoms with van der Waals surface area (Å²) < 4.78 is 15.2. The quantitative estimate of drug-likeness (QED) is 0.0942. The van der Waals surface area contributed by atoms with E-state index in [0.29, 0.717) is 59.5 Å². The van der Waals surface area contributed by atoms with Crippen LogP contribution in [0.4, 0.5) is 0 Å². The topological polar surface area (TPSA) is 209 Å². The summed E-state index contributed by atoms with van der Waals surface area (Å²) in [6, 6.07) is 5.15. The van der Waals surface area contributed by atoms with Crippen LogP contribution in [-0.2, 0) is 21.0 Å². The fourth-order valence-electron chi connectivity index (χ4n) is 7.69. The van der Waals surface area contributed by atoms with Crippen LogP contribution in [0.25, 0.3) is 27.6 Å². The van der Waals surface area contributed by atoms with E-state index < -0.39 is 49.3 Å². The summed E-state index contributed by atoms with van der Waals surface area (Å²) in [6.45, 7) is 0.951. The van der Waals surface area contributed by atoms with Crippen molar-refractivity contribution in [2.24, 2.45) is 11.8 Å². The van der Waals surface area contributed by atoms with Gasteiger partial charge in [-0.25, -0.2) is 9.78 Å². The van der Waals surface area contributed by atoms with Crippen molar-refractivity contribution in [3.05, 3.63) is 58.3 Å². The van der Waals surface area contributed by atoms with Crippen LogP contribution in [0.2, 0.25) is 0 Å². The lowest BCUT2D eigenvalue weighted by Gasteiger charge is -2.49. The Kier molecular flexibility index (Phi) is 8.83. The van der Waals surface area contributed by atoms with Gasteiger partial charge in [-0.2, -0.15) is 0 Å². The first-order valence-corrected chi connectivity index (χ1v) is 16.4. The van der Waals surface area contributed by atoms with Crippen LogP contribution >= 0.6 is 0 Å². The number of carbonyl (C=O) groups excluding carboxylic acids is 1. The Hall–Kier alpha value is -3.76. The van der Waals surface area contributed by atoms with E-state index in [1.165, 1.54) is 6.07 Å². The van der Waals surface area contributed by atoms with E-state index >= 15 is 0 Å². The van der Waals surface area contributed by atoms with Gasteiger partial charge >= 0.3 is 0 Å². The highest BCUT2D eigenvalue weighted by atomic mass is 17.2. The number of carbonyl (C=O) groups is 1. The number of aliphatic hydroxyl groups excluding tert-OH is 5. The highest BCUT2D eigenvalue weighted by Gasteiger charge is 2.52. The maximum Gasteiger partial charge on any atom is 0.220 e. The smallest absolute Gasteiger partial charge is 0.220 e. The van der Waals surface area contributed by atoms with Crippen LogP contribution in [0.5, 0.6) is 5.75 Å². The van der Waals surface area contributed by atoms with Crippen LogP contribution in [0.1, 0.15) is 43.4 Å². The van der Waals surface area contributed by atoms with Crippen molar-refractivity contribution < 1.29 is 49.3 Å². The van der Waals surface area contributed by atoms with Gasteiger partial charge in [0, 0.05) is 55.0 Å². The molecular formula is C34H41N3O11. The maximum absolute atomic E-state index is 13.3. The number of aromatic nitrogens is 2. The number of hydrogen-bond donors (Lipinski definition) is 7. The summed E-state index contributed by atoms with van der Waals surface area (Å²) in [5.41, 5.74) is 1.42. The zero-order valence-corrected chi connectivity index (χ0v) is 26.5. The molecule has 2 aliphatic heterocycles. The molecule has 1 aromatic carbocycles. The minimum atomic E-state index is -1.82. The number of benzene rings is 1. The van der Waals surface area contributed by atoms with Crippen molar-refractivity contribution >= 4 is 27.8 Å². The Morgan fingerprint density at radius 1 is 1.08 bits per heavy atom. The third-order valence-corrected chi connectivity index (χ3v) is 10.3. The maximum atomic E-state index is 13.3. The van der Waals surface area contributed by atoms with Gasteiger partial charge in [0.25, 0.3) is 0 Å². The molecule has 1 amide bonds. The molecule has 258 valence electrons. The molecule has 8 atom stereocenters. The molecule has 7 N–H and O–H groups in total. The molecule has 1 spiro atoms. The van der Waals surface area contributed by atoms with Gasteiger partial charge in [0.15, 0.2) is 16.8 Å². The Morgan fingerprint density at radius 3 is 2.65 bits per heavy atom. The van der Waals surface area contributed by atoms with Crippen LogP contribution < -0.4 is 15.5 Å². The van der Waals surface area contributed by atoms with Gasteiger partial charge in [-0.05, 0) is 56.6 Å². The van der Waals surface area contributed by atoms with E-state index in [-0.39, 0.29) is 29.6 Å². The number of nitrogens with zero attached hydrogens (tertiary/aromatic N) is 1. The average Bonchev–Trinajstić information content (AvgIpc) is 3.80. The summed E-state index contributed by atoms with van der Waals surface area (Å²) in [7, 11) is 0. The standard InChI is InChI=1S/C34H41N3O11/c1-17-7-24(39)22-8-20-9-27(48-45-16-26(41)31(44)30(43)25(40)15-38)34(5-2-3-18(11-34)21-10-28(42)36-12-21)47-32(20)29(33(22)46-17)37-13-19-4-6-35-23(19)14-37/h4,6-8,13-14,18,21,25-27,30-31,35,38,40-41,43-44H,2-3,5,9-12,15-16H2,1H3,(H,36,42). The Labute approximate surface area is 274 Å². The third kappa shape index (κ3) is 5.91. The third-order valence-electron chi connectivity index (χ3n) is 10.3. The summed E-state index contributed by atoms with van der Waals surface area (Å²) in [6.07, 6.45) is 1.60. The van der Waals surface area contributed by atoms with E-state index in [1.54, 1.807) is 13.0 Å². The van der Waals surface area contributed by atoms with Crippen molar-refractivity contribution in [3.8, 4) is 11.4 Å². The number of aromatic amines is 1. The number of nitrogens with one attached hydrogen (secondary N) is 2. The number of aliphatic hydroxyl groups is 5. The highest BCUT2D eigenvalue weighted by molar-refractivity contribution is 5.91. The summed E-state index contributed by atoms with van der Waals surface area (Å²) in [4.78, 5) is 40.2. The van der Waals surface area contributed by atoms with Gasteiger partial charge in [-0.3, -0.25) is 9.59 Å². The van der Waals surface area contributed by atoms with Gasteiger partial charge in [-0.1, -0.05) is 0 Å². The van der Waals surface area contributed by atoms with Crippen molar-refractivity contribution in [1.29, 1.82) is 0 Å². The normalized spacial score (nSPS) is 26.7. The first-order chi connectivity index (χ1) is 23.1. The molecular weight excluding hydrogens is 626 g/mol. The Bertz CT molecular complexity index is 1840. The zero-order valence-electron chi connectivity index (χ0n) is 26.5. The molecule has 1 saturated heterocycles. The van der Waals surface area contributed by atoms with Crippen LogP contribution in [0.15, 0.2) is 46.0 Å². The zero-order chi connectivity index (χ0) is 33.7. The van der Waals surface area contributed by atoms with Crippen LogP contribution in [-0.4, -0.2) is 96.9 Å². The second-order valence-corrected chi connectivity index (χ2v) is 13.5. The molecule has 7 rings (SSSR count). The lowest BCUT2D eigenvalue weighted by atomic mass is 9.68. The number of hydrogen-bond acceptors (Lipinski definition) is 11. The molecule has 14 nitrogen and oxygen atoms in total.